The zero-order chi connectivity index (χ0) is 18.1. The molecule has 4 rings (SSSR count). The van der Waals surface area contributed by atoms with Crippen molar-refractivity contribution in [2.45, 2.75) is 65.0 Å². The Labute approximate surface area is 151 Å². The lowest BCUT2D eigenvalue weighted by Crippen LogP contribution is -2.45. The summed E-state index contributed by atoms with van der Waals surface area (Å²) >= 11 is 0. The molecule has 0 radical (unpaired) electrons. The van der Waals surface area contributed by atoms with Gasteiger partial charge in [-0.25, -0.2) is 4.79 Å². The molecule has 1 aromatic carbocycles. The second kappa shape index (κ2) is 6.99. The fourth-order valence-electron chi connectivity index (χ4n) is 3.89. The Balaban J connectivity index is 0.000000213. The molecule has 1 unspecified atom stereocenters. The topological polar surface area (TPSA) is 41.6 Å². The van der Waals surface area contributed by atoms with E-state index in [-0.39, 0.29) is 6.09 Å². The summed E-state index contributed by atoms with van der Waals surface area (Å²) in [4.78, 5) is 13.8. The van der Waals surface area contributed by atoms with E-state index in [1.165, 1.54) is 24.0 Å². The molecule has 1 aliphatic carbocycles. The normalized spacial score (nSPS) is 23.5. The van der Waals surface area contributed by atoms with Crippen LogP contribution >= 0.6 is 0 Å². The number of amides is 1. The smallest absolute Gasteiger partial charge is 0.410 e. The van der Waals surface area contributed by atoms with E-state index in [9.17, 15) is 4.79 Å². The molecule has 3 aliphatic rings. The van der Waals surface area contributed by atoms with Crippen molar-refractivity contribution < 1.29 is 9.53 Å². The lowest BCUT2D eigenvalue weighted by Gasteiger charge is -2.39. The highest BCUT2D eigenvalue weighted by Gasteiger charge is 2.41. The van der Waals surface area contributed by atoms with Crippen LogP contribution in [0.1, 0.15) is 58.1 Å². The highest BCUT2D eigenvalue weighted by Crippen LogP contribution is 2.39. The summed E-state index contributed by atoms with van der Waals surface area (Å²) in [6.45, 7) is 10.8. The van der Waals surface area contributed by atoms with Crippen molar-refractivity contribution in [3.8, 4) is 0 Å². The third kappa shape index (κ3) is 4.97. The Hall–Kier alpha value is -1.55. The van der Waals surface area contributed by atoms with Crippen molar-refractivity contribution in [3.63, 3.8) is 0 Å². The van der Waals surface area contributed by atoms with Gasteiger partial charge in [0.25, 0.3) is 0 Å². The quantitative estimate of drug-likeness (QED) is 0.786. The number of piperidine rings is 1. The minimum atomic E-state index is -0.393. The number of nitrogens with one attached hydrogen (secondary N) is 1. The number of carbonyl (C=O) groups is 1. The molecule has 0 bridgehead atoms. The second-order valence-corrected chi connectivity index (χ2v) is 8.90. The van der Waals surface area contributed by atoms with Gasteiger partial charge in [-0.05, 0) is 69.9 Å². The molecular weight excluding hydrogens is 312 g/mol. The van der Waals surface area contributed by atoms with Gasteiger partial charge in [0.1, 0.15) is 5.60 Å². The first kappa shape index (κ1) is 18.2. The highest BCUT2D eigenvalue weighted by atomic mass is 16.6. The molecule has 138 valence electrons. The van der Waals surface area contributed by atoms with E-state index in [4.69, 9.17) is 4.74 Å². The van der Waals surface area contributed by atoms with Crippen LogP contribution in [0, 0.1) is 5.41 Å². The number of carbonyl (C=O) groups excluding carboxylic acids is 1. The van der Waals surface area contributed by atoms with E-state index in [1.807, 2.05) is 25.7 Å². The van der Waals surface area contributed by atoms with Gasteiger partial charge in [0, 0.05) is 25.7 Å². The van der Waals surface area contributed by atoms with Crippen LogP contribution in [0.3, 0.4) is 0 Å². The number of fused-ring (bicyclic) bond motifs is 1. The zero-order valence-electron chi connectivity index (χ0n) is 16.1. The van der Waals surface area contributed by atoms with E-state index in [2.05, 4.69) is 36.5 Å². The van der Waals surface area contributed by atoms with Gasteiger partial charge in [-0.1, -0.05) is 24.3 Å². The van der Waals surface area contributed by atoms with Gasteiger partial charge in [-0.15, -0.1) is 0 Å². The molecule has 0 saturated carbocycles. The van der Waals surface area contributed by atoms with Gasteiger partial charge in [0.05, 0.1) is 0 Å². The third-order valence-electron chi connectivity index (χ3n) is 5.41. The SMILES string of the molecule is CC1CC2(CCN(C(=O)OC(C)(C)C)CC2)CN1.c1ccc2c(c1)C2. The monoisotopic (exact) mass is 344 g/mol. The van der Waals surface area contributed by atoms with Crippen LogP contribution in [-0.4, -0.2) is 42.3 Å². The van der Waals surface area contributed by atoms with E-state index < -0.39 is 5.60 Å². The molecule has 1 N–H and O–H groups in total. The van der Waals surface area contributed by atoms with Crippen LogP contribution in [0.5, 0.6) is 0 Å². The Morgan fingerprint density at radius 1 is 1.20 bits per heavy atom. The molecule has 2 heterocycles. The van der Waals surface area contributed by atoms with Crippen molar-refractivity contribution in [2.24, 2.45) is 5.41 Å². The fraction of sp³-hybridized carbons (Fsp3) is 0.667. The van der Waals surface area contributed by atoms with Crippen molar-refractivity contribution in [3.05, 3.63) is 35.4 Å². The van der Waals surface area contributed by atoms with Crippen LogP contribution in [0.2, 0.25) is 0 Å². The minimum absolute atomic E-state index is 0.156. The standard InChI is InChI=1S/C14H26N2O2.C7H6/c1-11-9-14(10-15-11)5-7-16(8-6-14)12(17)18-13(2,3)4;1-2-4-7-5-6(7)3-1/h11,15H,5-10H2,1-4H3;1-4H,5H2. The number of hydrogen-bond acceptors (Lipinski definition) is 3. The van der Waals surface area contributed by atoms with Gasteiger partial charge in [0.2, 0.25) is 0 Å². The molecule has 25 heavy (non-hydrogen) atoms. The predicted octanol–water partition coefficient (Wildman–Crippen LogP) is 3.98. The number of nitrogens with zero attached hydrogens (tertiary/aromatic N) is 1. The number of likely N-dealkylation sites (tertiary alicyclic amines) is 1. The first-order valence-corrected chi connectivity index (χ1v) is 9.54. The Kier molecular flexibility index (Phi) is 5.10. The maximum absolute atomic E-state index is 12.0. The molecule has 4 heteroatoms. The molecule has 2 fully saturated rings. The number of benzene rings is 1. The van der Waals surface area contributed by atoms with E-state index >= 15 is 0 Å². The molecule has 0 aromatic heterocycles. The van der Waals surface area contributed by atoms with Crippen molar-refractivity contribution >= 4 is 6.09 Å². The van der Waals surface area contributed by atoms with Gasteiger partial charge in [-0.3, -0.25) is 0 Å². The predicted molar refractivity (Wildman–Crippen MR) is 101 cm³/mol. The average molecular weight is 344 g/mol. The lowest BCUT2D eigenvalue weighted by atomic mass is 9.77. The molecule has 1 aromatic rings. The lowest BCUT2D eigenvalue weighted by molar-refractivity contribution is 0.0118. The van der Waals surface area contributed by atoms with Gasteiger partial charge >= 0.3 is 6.09 Å². The van der Waals surface area contributed by atoms with E-state index in [0.29, 0.717) is 11.5 Å². The minimum Gasteiger partial charge on any atom is -0.444 e. The largest absolute Gasteiger partial charge is 0.444 e. The maximum atomic E-state index is 12.0. The Morgan fingerprint density at radius 2 is 1.80 bits per heavy atom. The number of hydrogen-bond donors (Lipinski definition) is 1. The zero-order valence-corrected chi connectivity index (χ0v) is 16.1. The highest BCUT2D eigenvalue weighted by molar-refractivity contribution is 5.68. The summed E-state index contributed by atoms with van der Waals surface area (Å²) in [6, 6.07) is 9.15. The van der Waals surface area contributed by atoms with Gasteiger partial charge < -0.3 is 15.0 Å². The van der Waals surface area contributed by atoms with Gasteiger partial charge in [0.15, 0.2) is 0 Å². The van der Waals surface area contributed by atoms with Crippen molar-refractivity contribution in [1.82, 2.24) is 10.2 Å². The van der Waals surface area contributed by atoms with Crippen LogP contribution in [0.25, 0.3) is 0 Å². The van der Waals surface area contributed by atoms with Crippen molar-refractivity contribution in [2.75, 3.05) is 19.6 Å². The Morgan fingerprint density at radius 3 is 2.24 bits per heavy atom. The molecular formula is C21H32N2O2. The summed E-state index contributed by atoms with van der Waals surface area (Å²) in [7, 11) is 0. The third-order valence-corrected chi connectivity index (χ3v) is 5.41. The van der Waals surface area contributed by atoms with E-state index in [0.717, 1.165) is 32.5 Å². The van der Waals surface area contributed by atoms with Gasteiger partial charge in [-0.2, -0.15) is 0 Å². The maximum Gasteiger partial charge on any atom is 0.410 e. The summed E-state index contributed by atoms with van der Waals surface area (Å²) < 4.78 is 5.42. The first-order chi connectivity index (χ1) is 11.8. The van der Waals surface area contributed by atoms with Crippen molar-refractivity contribution in [1.29, 1.82) is 0 Å². The number of ether oxygens (including phenoxy) is 1. The molecule has 1 atom stereocenters. The fourth-order valence-corrected chi connectivity index (χ4v) is 3.89. The van der Waals surface area contributed by atoms with Crippen LogP contribution in [0.15, 0.2) is 24.3 Å². The summed E-state index contributed by atoms with van der Waals surface area (Å²) in [5.74, 6) is 0. The average Bonchev–Trinajstić information content (AvgIpc) is 3.25. The molecule has 1 spiro atoms. The molecule has 2 aliphatic heterocycles. The summed E-state index contributed by atoms with van der Waals surface area (Å²) in [5.41, 5.74) is 3.10. The van der Waals surface area contributed by atoms with Crippen LogP contribution < -0.4 is 5.32 Å². The van der Waals surface area contributed by atoms with E-state index in [1.54, 1.807) is 0 Å². The van der Waals surface area contributed by atoms with Crippen LogP contribution in [0.4, 0.5) is 4.79 Å². The number of rotatable bonds is 0. The summed E-state index contributed by atoms with van der Waals surface area (Å²) in [6.07, 6.45) is 4.53. The molecule has 1 amide bonds. The second-order valence-electron chi connectivity index (χ2n) is 8.90. The summed E-state index contributed by atoms with van der Waals surface area (Å²) in [5, 5.41) is 3.53. The van der Waals surface area contributed by atoms with Crippen LogP contribution in [-0.2, 0) is 11.2 Å². The first-order valence-electron chi connectivity index (χ1n) is 9.54. The Bertz CT molecular complexity index is 592. The molecule has 4 nitrogen and oxygen atoms in total. The molecule has 2 saturated heterocycles.